The number of alkyl halides is 6. The van der Waals surface area contributed by atoms with Gasteiger partial charge in [0.15, 0.2) is 0 Å². The smallest absolute Gasteiger partial charge is 0.416 e. The summed E-state index contributed by atoms with van der Waals surface area (Å²) in [6.07, 6.45) is -7.72. The molecule has 0 unspecified atom stereocenters. The molecule has 0 aliphatic carbocycles. The van der Waals surface area contributed by atoms with E-state index in [2.05, 4.69) is 5.32 Å². The average molecular weight is 499 g/mol. The Labute approximate surface area is 196 Å². The van der Waals surface area contributed by atoms with Crippen molar-refractivity contribution in [2.24, 2.45) is 0 Å². The van der Waals surface area contributed by atoms with E-state index in [0.29, 0.717) is 0 Å². The highest BCUT2D eigenvalue weighted by Crippen LogP contribution is 2.42. The molecule has 1 heterocycles. The zero-order valence-electron chi connectivity index (χ0n) is 18.4. The van der Waals surface area contributed by atoms with Crippen molar-refractivity contribution in [3.8, 4) is 11.1 Å². The number of benzene rings is 2. The molecule has 1 aliphatic rings. The zero-order valence-corrected chi connectivity index (χ0v) is 18.4. The number of hydrogen-bond donors (Lipinski definition) is 1. The molecule has 0 spiro atoms. The number of carbonyl (C=O) groups excluding carboxylic acids is 2. The molecule has 3 rings (SSSR count). The molecule has 0 saturated carbocycles. The van der Waals surface area contributed by atoms with Gasteiger partial charge < -0.3 is 14.8 Å². The van der Waals surface area contributed by atoms with E-state index in [-0.39, 0.29) is 46.9 Å². The summed E-state index contributed by atoms with van der Waals surface area (Å²) in [5.41, 5.74) is -2.52. The fraction of sp³-hybridized carbons (Fsp3) is 0.250. The van der Waals surface area contributed by atoms with Gasteiger partial charge in [-0.25, -0.2) is 9.59 Å². The van der Waals surface area contributed by atoms with Crippen LogP contribution in [0, 0.1) is 0 Å². The summed E-state index contributed by atoms with van der Waals surface area (Å²) in [5, 5.41) is 2.65. The molecule has 0 amide bonds. The van der Waals surface area contributed by atoms with Gasteiger partial charge in [0, 0.05) is 23.3 Å². The van der Waals surface area contributed by atoms with Crippen LogP contribution in [0.1, 0.15) is 36.1 Å². The second-order valence-electron chi connectivity index (χ2n) is 7.26. The van der Waals surface area contributed by atoms with Crippen LogP contribution >= 0.6 is 0 Å². The van der Waals surface area contributed by atoms with Crippen LogP contribution in [0.5, 0.6) is 0 Å². The van der Waals surface area contributed by atoms with E-state index in [0.717, 1.165) is 48.6 Å². The van der Waals surface area contributed by atoms with Crippen LogP contribution in [0.25, 0.3) is 22.5 Å². The number of carbonyl (C=O) groups is 2. The predicted octanol–water partition coefficient (Wildman–Crippen LogP) is 5.80. The van der Waals surface area contributed by atoms with E-state index < -0.39 is 35.4 Å². The topological polar surface area (TPSA) is 64.6 Å². The maximum absolute atomic E-state index is 13.5. The largest absolute Gasteiger partial charge is 0.463 e. The predicted molar refractivity (Wildman–Crippen MR) is 114 cm³/mol. The van der Waals surface area contributed by atoms with Crippen molar-refractivity contribution < 1.29 is 45.4 Å². The molecule has 0 radical (unpaired) electrons. The Morgan fingerprint density at radius 3 is 1.40 bits per heavy atom. The molecule has 5 nitrogen and oxygen atoms in total. The number of nitrogens with one attached hydrogen (secondary N) is 1. The number of fused-ring (bicyclic) bond motifs is 3. The van der Waals surface area contributed by atoms with Crippen molar-refractivity contribution >= 4 is 23.3 Å². The first-order valence-corrected chi connectivity index (χ1v) is 10.3. The van der Waals surface area contributed by atoms with Crippen LogP contribution in [-0.4, -0.2) is 25.2 Å². The molecule has 2 aromatic carbocycles. The van der Waals surface area contributed by atoms with E-state index in [4.69, 9.17) is 9.47 Å². The highest BCUT2D eigenvalue weighted by atomic mass is 19.4. The second kappa shape index (κ2) is 9.85. The molecule has 35 heavy (non-hydrogen) atoms. The summed E-state index contributed by atoms with van der Waals surface area (Å²) in [7, 11) is 0. The molecule has 186 valence electrons. The minimum atomic E-state index is -4.73. The summed E-state index contributed by atoms with van der Waals surface area (Å²) in [6, 6.07) is 5.28. The lowest BCUT2D eigenvalue weighted by Gasteiger charge is -2.15. The van der Waals surface area contributed by atoms with Crippen molar-refractivity contribution in [2.75, 3.05) is 13.2 Å². The SMILES string of the molecule is CCOC(=O)/C=C1\N/C(=C\C(=O)OCC)c2cc(C(F)(F)F)ccc2-c2ccc(C(F)(F)F)cc21. The third-order valence-corrected chi connectivity index (χ3v) is 4.93. The first-order chi connectivity index (χ1) is 16.3. The molecule has 0 saturated heterocycles. The van der Waals surface area contributed by atoms with Crippen molar-refractivity contribution in [2.45, 2.75) is 26.2 Å². The quantitative estimate of drug-likeness (QED) is 0.327. The van der Waals surface area contributed by atoms with Crippen molar-refractivity contribution in [3.05, 3.63) is 70.8 Å². The Morgan fingerprint density at radius 2 is 1.09 bits per heavy atom. The zero-order chi connectivity index (χ0) is 26.0. The first kappa shape index (κ1) is 25.9. The summed E-state index contributed by atoms with van der Waals surface area (Å²) >= 11 is 0. The van der Waals surface area contributed by atoms with Crippen molar-refractivity contribution in [1.82, 2.24) is 5.32 Å². The Bertz CT molecular complexity index is 1120. The van der Waals surface area contributed by atoms with Gasteiger partial charge in [0.05, 0.1) is 35.7 Å². The number of esters is 2. The fourth-order valence-electron chi connectivity index (χ4n) is 3.47. The third-order valence-electron chi connectivity index (χ3n) is 4.93. The molecular formula is C24H19F6NO4. The highest BCUT2D eigenvalue weighted by Gasteiger charge is 2.35. The van der Waals surface area contributed by atoms with Gasteiger partial charge in [-0.05, 0) is 49.2 Å². The Balaban J connectivity index is 2.36. The van der Waals surface area contributed by atoms with Crippen LogP contribution in [0.15, 0.2) is 48.6 Å². The summed E-state index contributed by atoms with van der Waals surface area (Å²) < 4.78 is 90.4. The summed E-state index contributed by atoms with van der Waals surface area (Å²) in [5.74, 6) is -1.81. The van der Waals surface area contributed by atoms with E-state index in [9.17, 15) is 35.9 Å². The van der Waals surface area contributed by atoms with Gasteiger partial charge in [0.1, 0.15) is 0 Å². The van der Waals surface area contributed by atoms with Crippen LogP contribution in [0.3, 0.4) is 0 Å². The standard InChI is InChI=1S/C24H19F6NO4/c1-3-34-21(32)11-19-17-9-13(23(25,26)27)5-7-15(17)16-8-6-14(24(28,29)30)10-18(16)20(31-19)12-22(33)35-4-2/h5-12,31H,3-4H2,1-2H3/b19-11-,20-12-. The number of halogens is 6. The molecule has 11 heteroatoms. The molecule has 0 fully saturated rings. The van der Waals surface area contributed by atoms with E-state index >= 15 is 0 Å². The number of ether oxygens (including phenoxy) is 2. The molecular weight excluding hydrogens is 480 g/mol. The number of rotatable bonds is 4. The van der Waals surface area contributed by atoms with Crippen molar-refractivity contribution in [3.63, 3.8) is 0 Å². The fourth-order valence-corrected chi connectivity index (χ4v) is 3.47. The summed E-state index contributed by atoms with van der Waals surface area (Å²) in [6.45, 7) is 2.98. The molecule has 0 atom stereocenters. The van der Waals surface area contributed by atoms with Gasteiger partial charge >= 0.3 is 24.3 Å². The van der Waals surface area contributed by atoms with E-state index in [1.54, 1.807) is 0 Å². The summed E-state index contributed by atoms with van der Waals surface area (Å²) in [4.78, 5) is 24.4. The normalized spacial score (nSPS) is 15.7. The third kappa shape index (κ3) is 5.84. The van der Waals surface area contributed by atoms with Crippen molar-refractivity contribution in [1.29, 1.82) is 0 Å². The van der Waals surface area contributed by atoms with Crippen LogP contribution in [-0.2, 0) is 31.4 Å². The molecule has 1 N–H and O–H groups in total. The van der Waals surface area contributed by atoms with Gasteiger partial charge in [0.25, 0.3) is 0 Å². The lowest BCUT2D eigenvalue weighted by atomic mass is 9.92. The molecule has 0 aromatic heterocycles. The first-order valence-electron chi connectivity index (χ1n) is 10.3. The van der Waals surface area contributed by atoms with Crippen LogP contribution in [0.2, 0.25) is 0 Å². The lowest BCUT2D eigenvalue weighted by Crippen LogP contribution is -2.15. The molecule has 1 aliphatic heterocycles. The van der Waals surface area contributed by atoms with Gasteiger partial charge in [0.2, 0.25) is 0 Å². The van der Waals surface area contributed by atoms with Crippen LogP contribution < -0.4 is 5.32 Å². The van der Waals surface area contributed by atoms with E-state index in [1.807, 2.05) is 0 Å². The van der Waals surface area contributed by atoms with E-state index in [1.165, 1.54) is 13.8 Å². The average Bonchev–Trinajstić information content (AvgIpc) is 2.87. The van der Waals surface area contributed by atoms with Gasteiger partial charge in [-0.15, -0.1) is 0 Å². The van der Waals surface area contributed by atoms with Gasteiger partial charge in [-0.2, -0.15) is 26.3 Å². The van der Waals surface area contributed by atoms with Crippen LogP contribution in [0.4, 0.5) is 26.3 Å². The molecule has 2 aromatic rings. The second-order valence-corrected chi connectivity index (χ2v) is 7.26. The minimum absolute atomic E-state index is 0.0290. The Hall–Kier alpha value is -3.76. The Morgan fingerprint density at radius 1 is 0.714 bits per heavy atom. The monoisotopic (exact) mass is 499 g/mol. The van der Waals surface area contributed by atoms with Gasteiger partial charge in [-0.1, -0.05) is 12.1 Å². The maximum atomic E-state index is 13.5. The Kier molecular flexibility index (Phi) is 7.27. The lowest BCUT2D eigenvalue weighted by molar-refractivity contribution is -0.138. The number of hydrogen-bond acceptors (Lipinski definition) is 5. The highest BCUT2D eigenvalue weighted by molar-refractivity contribution is 6.03. The van der Waals surface area contributed by atoms with Gasteiger partial charge in [-0.3, -0.25) is 0 Å². The maximum Gasteiger partial charge on any atom is 0.416 e. The molecule has 0 bridgehead atoms. The minimum Gasteiger partial charge on any atom is -0.463 e.